The molecule has 0 aromatic heterocycles. The van der Waals surface area contributed by atoms with Crippen molar-refractivity contribution in [3.05, 3.63) is 81.9 Å². The third kappa shape index (κ3) is 14.8. The van der Waals surface area contributed by atoms with Gasteiger partial charge < -0.3 is 35.8 Å². The van der Waals surface area contributed by atoms with E-state index in [2.05, 4.69) is 15.4 Å². The predicted octanol–water partition coefficient (Wildman–Crippen LogP) is 6.28. The number of primary amides is 1. The standard InChI is InChI=1S/C51H67N5O13/c1-51(2,3)45(54-47(61)33(20-14-15-23-43(59)68-4)26-41(57)37-25-24-34(56(66)67)27-39(37)50(64)65)49(63)55-30-36(69-35-21-12-7-13-22-35)28-40(55)48(62)53-44(32-18-10-6-11-19-32)42(58)29-38(46(52)60)31-16-8-5-9-17-31/h7,12-13,15,21-25,27,31-33,36,38,40,44-45H,5-6,8-11,14,16-20,26,28-30H2,1-4H3,(H2,52,60)(H,53,62)(H,54,61)(H,64,65)/b23-15+/t33-,36+,38+,40+,44+,45-/m1/s1. The van der Waals surface area contributed by atoms with Crippen LogP contribution >= 0.6 is 0 Å². The van der Waals surface area contributed by atoms with Crippen LogP contribution in [-0.4, -0.2) is 99.9 Å². The summed E-state index contributed by atoms with van der Waals surface area (Å²) in [6.07, 6.45) is 9.92. The minimum atomic E-state index is -1.59. The number of hydrogen-bond donors (Lipinski definition) is 4. The van der Waals surface area contributed by atoms with Crippen molar-refractivity contribution in [1.29, 1.82) is 0 Å². The maximum Gasteiger partial charge on any atom is 0.336 e. The van der Waals surface area contributed by atoms with Crippen molar-refractivity contribution in [2.75, 3.05) is 13.7 Å². The van der Waals surface area contributed by atoms with Gasteiger partial charge >= 0.3 is 11.9 Å². The van der Waals surface area contributed by atoms with Gasteiger partial charge in [0.05, 0.1) is 30.2 Å². The van der Waals surface area contributed by atoms with E-state index in [1.165, 1.54) is 18.1 Å². The number of hydrogen-bond acceptors (Lipinski definition) is 12. The zero-order valence-corrected chi connectivity index (χ0v) is 40.0. The Kier molecular flexibility index (Phi) is 19.2. The number of ether oxygens (including phenoxy) is 2. The molecule has 1 aliphatic heterocycles. The summed E-state index contributed by atoms with van der Waals surface area (Å²) in [6.45, 7) is 5.08. The number of nitrogens with two attached hydrogens (primary N) is 1. The fourth-order valence-electron chi connectivity index (χ4n) is 9.97. The third-order valence-electron chi connectivity index (χ3n) is 13.7. The Morgan fingerprint density at radius 1 is 0.884 bits per heavy atom. The van der Waals surface area contributed by atoms with Gasteiger partial charge in [0.25, 0.3) is 5.69 Å². The number of nitro benzene ring substituents is 1. The Hall–Kier alpha value is -6.46. The largest absolute Gasteiger partial charge is 0.488 e. The lowest BCUT2D eigenvalue weighted by atomic mass is 9.75. The number of carbonyl (C=O) groups is 8. The average molecular weight is 958 g/mol. The number of non-ortho nitro benzene ring substituents is 1. The fourth-order valence-corrected chi connectivity index (χ4v) is 9.97. The molecule has 5 N–H and O–H groups in total. The lowest BCUT2D eigenvalue weighted by Crippen LogP contribution is -2.59. The van der Waals surface area contributed by atoms with E-state index in [1.807, 2.05) is 6.07 Å². The molecule has 3 aliphatic rings. The van der Waals surface area contributed by atoms with E-state index in [0.717, 1.165) is 75.6 Å². The lowest BCUT2D eigenvalue weighted by molar-refractivity contribution is -0.384. The number of carbonyl (C=O) groups excluding carboxylic acids is 7. The van der Waals surface area contributed by atoms with E-state index in [-0.39, 0.29) is 55.4 Å². The summed E-state index contributed by atoms with van der Waals surface area (Å²) in [4.78, 5) is 121. The Balaban J connectivity index is 1.45. The zero-order valence-electron chi connectivity index (χ0n) is 40.0. The summed E-state index contributed by atoms with van der Waals surface area (Å²) in [5.41, 5.74) is 3.37. The van der Waals surface area contributed by atoms with Crippen molar-refractivity contribution in [3.8, 4) is 5.75 Å². The number of carboxylic acids is 1. The molecule has 4 amide bonds. The molecule has 1 saturated heterocycles. The minimum absolute atomic E-state index is 0.0233. The highest BCUT2D eigenvalue weighted by Crippen LogP contribution is 2.35. The van der Waals surface area contributed by atoms with Crippen molar-refractivity contribution < 1.29 is 57.9 Å². The number of benzene rings is 2. The number of nitrogens with zero attached hydrogens (tertiary/aromatic N) is 2. The van der Waals surface area contributed by atoms with Crippen molar-refractivity contribution in [2.24, 2.45) is 34.8 Å². The number of para-hydroxylation sites is 1. The van der Waals surface area contributed by atoms with E-state index in [4.69, 9.17) is 10.5 Å². The Bertz CT molecular complexity index is 2230. The van der Waals surface area contributed by atoms with E-state index < -0.39 is 105 Å². The van der Waals surface area contributed by atoms with Gasteiger partial charge in [-0.15, -0.1) is 0 Å². The van der Waals surface area contributed by atoms with Crippen LogP contribution in [0.15, 0.2) is 60.7 Å². The van der Waals surface area contributed by atoms with Crippen LogP contribution in [0.2, 0.25) is 0 Å². The van der Waals surface area contributed by atoms with Crippen LogP contribution in [0, 0.1) is 39.2 Å². The molecule has 0 spiro atoms. The number of nitro groups is 1. The second kappa shape index (κ2) is 24.7. The van der Waals surface area contributed by atoms with E-state index >= 15 is 4.79 Å². The molecule has 3 fully saturated rings. The second-order valence-corrected chi connectivity index (χ2v) is 19.7. The van der Waals surface area contributed by atoms with Crippen LogP contribution < -0.4 is 21.1 Å². The molecular formula is C51H67N5O13. The molecule has 2 aliphatic carbocycles. The molecule has 6 atom stereocenters. The molecule has 2 aromatic rings. The van der Waals surface area contributed by atoms with Crippen molar-refractivity contribution >= 4 is 52.8 Å². The first-order chi connectivity index (χ1) is 32.8. The number of methoxy groups -OCH3 is 1. The van der Waals surface area contributed by atoms with Crippen LogP contribution in [0.1, 0.15) is 138 Å². The molecule has 5 rings (SSSR count). The van der Waals surface area contributed by atoms with E-state index in [1.54, 1.807) is 45.0 Å². The fraction of sp³-hybridized carbons (Fsp3) is 0.569. The number of allylic oxidation sites excluding steroid dienone is 1. The SMILES string of the molecule is COC(=O)/C=C/CC[C@H](CC(=O)c1ccc([N+](=O)[O-])cc1C(=O)O)C(=O)N[C@H](C(=O)N1C[C@@H](Oc2ccccc2)C[C@H]1C(=O)N[C@H](C(=O)C[C@H](C(N)=O)C1CCCCC1)C1CCCCC1)C(C)(C)C. The molecule has 0 radical (unpaired) electrons. The number of ketones is 2. The first kappa shape index (κ1) is 53.5. The molecule has 2 saturated carbocycles. The summed E-state index contributed by atoms with van der Waals surface area (Å²) in [6, 6.07) is 8.24. The Morgan fingerprint density at radius 3 is 2.10 bits per heavy atom. The first-order valence-electron chi connectivity index (χ1n) is 24.0. The van der Waals surface area contributed by atoms with Crippen molar-refractivity contribution in [1.82, 2.24) is 15.5 Å². The highest BCUT2D eigenvalue weighted by atomic mass is 16.6. The Morgan fingerprint density at radius 2 is 1.52 bits per heavy atom. The second-order valence-electron chi connectivity index (χ2n) is 19.7. The Labute approximate surface area is 402 Å². The quantitative estimate of drug-likeness (QED) is 0.0333. The smallest absolute Gasteiger partial charge is 0.336 e. The minimum Gasteiger partial charge on any atom is -0.488 e. The summed E-state index contributed by atoms with van der Waals surface area (Å²) < 4.78 is 11.0. The number of amides is 4. The molecular weight excluding hydrogens is 891 g/mol. The van der Waals surface area contributed by atoms with Gasteiger partial charge in [-0.2, -0.15) is 0 Å². The lowest BCUT2D eigenvalue weighted by Gasteiger charge is -2.37. The monoisotopic (exact) mass is 957 g/mol. The van der Waals surface area contributed by atoms with Crippen LogP contribution in [0.3, 0.4) is 0 Å². The van der Waals surface area contributed by atoms with Crippen LogP contribution in [0.5, 0.6) is 5.75 Å². The average Bonchev–Trinajstić information content (AvgIpc) is 3.75. The van der Waals surface area contributed by atoms with Crippen LogP contribution in [0.25, 0.3) is 0 Å². The molecule has 0 bridgehead atoms. The van der Waals surface area contributed by atoms with Gasteiger partial charge in [0, 0.05) is 54.9 Å². The number of aromatic carboxylic acids is 1. The van der Waals surface area contributed by atoms with Crippen LogP contribution in [0.4, 0.5) is 5.69 Å². The van der Waals surface area contributed by atoms with Gasteiger partial charge in [-0.1, -0.05) is 83.6 Å². The number of rotatable bonds is 22. The number of likely N-dealkylation sites (tertiary alicyclic amines) is 1. The van der Waals surface area contributed by atoms with Gasteiger partial charge in [0.2, 0.25) is 23.6 Å². The summed E-state index contributed by atoms with van der Waals surface area (Å²) >= 11 is 0. The summed E-state index contributed by atoms with van der Waals surface area (Å²) in [5, 5.41) is 27.2. The molecule has 18 heteroatoms. The predicted molar refractivity (Wildman–Crippen MR) is 253 cm³/mol. The highest BCUT2D eigenvalue weighted by molar-refractivity contribution is 6.07. The molecule has 1 heterocycles. The molecule has 0 unspecified atom stereocenters. The van der Waals surface area contributed by atoms with Gasteiger partial charge in [-0.3, -0.25) is 38.9 Å². The summed E-state index contributed by atoms with van der Waals surface area (Å²) in [7, 11) is 1.19. The maximum absolute atomic E-state index is 15.1. The third-order valence-corrected chi connectivity index (χ3v) is 13.7. The number of Topliss-reactive ketones (excluding diaryl/α,β-unsaturated/α-hetero) is 2. The zero-order chi connectivity index (χ0) is 50.4. The maximum atomic E-state index is 15.1. The van der Waals surface area contributed by atoms with Gasteiger partial charge in [-0.05, 0) is 74.0 Å². The number of nitrogens with one attached hydrogen (secondary N) is 2. The normalized spacial score (nSPS) is 19.7. The molecule has 18 nitrogen and oxygen atoms in total. The van der Waals surface area contributed by atoms with Crippen LogP contribution in [-0.2, 0) is 33.5 Å². The topological polar surface area (TPSA) is 272 Å². The molecule has 2 aromatic carbocycles. The van der Waals surface area contributed by atoms with Crippen molar-refractivity contribution in [3.63, 3.8) is 0 Å². The number of carboxylic acid groups (broad SMARTS) is 1. The highest BCUT2D eigenvalue weighted by Gasteiger charge is 2.47. The first-order valence-corrected chi connectivity index (χ1v) is 24.0. The van der Waals surface area contributed by atoms with Gasteiger partial charge in [0.15, 0.2) is 11.6 Å². The van der Waals surface area contributed by atoms with Gasteiger partial charge in [-0.25, -0.2) is 9.59 Å². The van der Waals surface area contributed by atoms with Gasteiger partial charge in [0.1, 0.15) is 23.9 Å². The van der Waals surface area contributed by atoms with E-state index in [9.17, 15) is 48.8 Å². The van der Waals surface area contributed by atoms with E-state index in [0.29, 0.717) is 18.6 Å². The molecule has 374 valence electrons. The summed E-state index contributed by atoms with van der Waals surface area (Å²) in [5.74, 6) is -7.45. The number of esters is 1. The molecule has 69 heavy (non-hydrogen) atoms. The van der Waals surface area contributed by atoms with Crippen molar-refractivity contribution in [2.45, 2.75) is 141 Å².